The van der Waals surface area contributed by atoms with Crippen LogP contribution in [0.5, 0.6) is 0 Å². The molecule has 4 rings (SSSR count). The van der Waals surface area contributed by atoms with Gasteiger partial charge in [0.15, 0.2) is 0 Å². The minimum Gasteiger partial charge on any atom is -0.147 e. The molecule has 0 aromatic heterocycles. The Morgan fingerprint density at radius 1 is 1.15 bits per heavy atom. The van der Waals surface area contributed by atoms with Crippen LogP contribution in [-0.2, 0) is 23.0 Å². The van der Waals surface area contributed by atoms with Crippen molar-refractivity contribution in [2.75, 3.05) is 0 Å². The topological polar surface area (TPSA) is 0 Å². The molecule has 0 heterocycles. The standard InChI is InChI=1S/C13H17.C7H9.C2H6Si.2ClH.Hf/c1-3-7-12-10(5-1)9-11-6-2-4-8-13(11)12;1-2-7-5-3-4-6-7;1-3-2;;;/h1,3,5,7,9-13H,2,4,6,8H2;3,5H,2,4H2,1H3;1-2H3;2*1H;/q2*-1;;;;+2. The molecule has 0 bridgehead atoms. The molecule has 4 aliphatic rings. The third-order valence-electron chi connectivity index (χ3n) is 5.21. The fraction of sp³-hybridized carbons (Fsp3) is 0.591. The molecular weight excluding hydrogens is 542 g/mol. The quantitative estimate of drug-likeness (QED) is 0.231. The van der Waals surface area contributed by atoms with E-state index in [4.69, 9.17) is 0 Å². The van der Waals surface area contributed by atoms with Crippen LogP contribution in [0.15, 0.2) is 42.0 Å². The van der Waals surface area contributed by atoms with Crippen molar-refractivity contribution in [3.8, 4) is 0 Å². The van der Waals surface area contributed by atoms with Crippen molar-refractivity contribution in [3.63, 3.8) is 0 Å². The van der Waals surface area contributed by atoms with Gasteiger partial charge in [0.2, 0.25) is 0 Å². The zero-order valence-corrected chi connectivity index (χ0v) is 22.6. The molecule has 0 aliphatic heterocycles. The summed E-state index contributed by atoms with van der Waals surface area (Å²) < 4.78 is 0. The van der Waals surface area contributed by atoms with Crippen molar-refractivity contribution < 1.29 is 23.0 Å². The monoisotopic (exact) mass is 576 g/mol. The van der Waals surface area contributed by atoms with Gasteiger partial charge in [0.1, 0.15) is 0 Å². The van der Waals surface area contributed by atoms with Crippen LogP contribution in [0.1, 0.15) is 45.4 Å². The molecule has 4 heteroatoms. The van der Waals surface area contributed by atoms with Gasteiger partial charge in [-0.25, -0.2) is 11.6 Å². The van der Waals surface area contributed by atoms with Crippen molar-refractivity contribution in [2.24, 2.45) is 23.7 Å². The number of hydrogen-bond donors (Lipinski definition) is 0. The van der Waals surface area contributed by atoms with E-state index in [-0.39, 0.29) is 30.3 Å². The van der Waals surface area contributed by atoms with Gasteiger partial charge < -0.3 is 6.42 Å². The summed E-state index contributed by atoms with van der Waals surface area (Å²) in [5, 5.41) is 0. The second kappa shape index (κ2) is 14.6. The summed E-state index contributed by atoms with van der Waals surface area (Å²) in [4.78, 5) is 0. The molecule has 0 spiro atoms. The fourth-order valence-electron chi connectivity index (χ4n) is 4.15. The minimum atomic E-state index is 0. The number of rotatable bonds is 1. The van der Waals surface area contributed by atoms with Crippen LogP contribution in [0.4, 0.5) is 0 Å². The van der Waals surface area contributed by atoms with E-state index < -0.39 is 0 Å². The molecule has 0 aromatic rings. The molecule has 2 saturated carbocycles. The third-order valence-corrected chi connectivity index (χ3v) is 5.21. The molecule has 0 amide bonds. The van der Waals surface area contributed by atoms with Crippen LogP contribution in [0.3, 0.4) is 0 Å². The molecule has 0 saturated heterocycles. The largest absolute Gasteiger partial charge is 0.147 e. The molecular formula is C22H34Cl2HfSi. The number of halogens is 2. The first-order chi connectivity index (χ1) is 11.6. The summed E-state index contributed by atoms with van der Waals surface area (Å²) in [6, 6.07) is 0. The maximum Gasteiger partial charge on any atom is -0.147 e. The van der Waals surface area contributed by atoms with Gasteiger partial charge in [-0.3, -0.25) is 6.08 Å². The Morgan fingerprint density at radius 2 is 1.81 bits per heavy atom. The molecule has 26 heavy (non-hydrogen) atoms. The molecule has 144 valence electrons. The first-order valence-electron chi connectivity index (χ1n) is 9.59. The molecule has 0 aromatic carbocycles. The van der Waals surface area contributed by atoms with Crippen LogP contribution in [-0.4, -0.2) is 5.49 Å². The average molecular weight is 576 g/mol. The van der Waals surface area contributed by atoms with Gasteiger partial charge in [-0.05, 0) is 5.92 Å². The Kier molecular flexibility index (Phi) is 15.0. The molecule has 4 aliphatic carbocycles. The Morgan fingerprint density at radius 3 is 2.38 bits per heavy atom. The van der Waals surface area contributed by atoms with Gasteiger partial charge >= 0.3 is 41.6 Å². The minimum absolute atomic E-state index is 0. The SMILES string of the molecule is C1=CC2[CH-]C3CCCCC3C2C=C1.CCC1=[C-]CC=C1.C[Si](C)=[Hf+2].Cl.Cl. The van der Waals surface area contributed by atoms with Gasteiger partial charge in [-0.2, -0.15) is 12.0 Å². The van der Waals surface area contributed by atoms with Crippen LogP contribution in [0.2, 0.25) is 13.1 Å². The van der Waals surface area contributed by atoms with Gasteiger partial charge in [0.05, 0.1) is 0 Å². The van der Waals surface area contributed by atoms with Gasteiger partial charge in [-0.1, -0.05) is 63.2 Å². The Labute approximate surface area is 189 Å². The number of hydrogen-bond acceptors (Lipinski definition) is 0. The van der Waals surface area contributed by atoms with Crippen molar-refractivity contribution in [1.82, 2.24) is 0 Å². The normalized spacial score (nSPS) is 29.5. The maximum absolute atomic E-state index is 3.21. The van der Waals surface area contributed by atoms with Gasteiger partial charge in [-0.15, -0.1) is 43.2 Å². The Balaban J connectivity index is 0.000000415. The number of allylic oxidation sites excluding steroid dienone is 8. The molecule has 4 atom stereocenters. The first-order valence-corrected chi connectivity index (χ1v) is 17.5. The van der Waals surface area contributed by atoms with Gasteiger partial charge in [0.25, 0.3) is 0 Å². The first kappa shape index (κ1) is 26.6. The van der Waals surface area contributed by atoms with E-state index in [2.05, 4.69) is 69.0 Å². The molecule has 4 unspecified atom stereocenters. The van der Waals surface area contributed by atoms with Crippen LogP contribution < -0.4 is 0 Å². The van der Waals surface area contributed by atoms with Crippen LogP contribution in [0, 0.1) is 36.2 Å². The van der Waals surface area contributed by atoms with E-state index >= 15 is 0 Å². The summed E-state index contributed by atoms with van der Waals surface area (Å²) in [6.45, 7) is 6.81. The summed E-state index contributed by atoms with van der Waals surface area (Å²) in [6.07, 6.45) is 27.4. The van der Waals surface area contributed by atoms with E-state index in [1.54, 1.807) is 0 Å². The second-order valence-corrected chi connectivity index (χ2v) is 20.2. The van der Waals surface area contributed by atoms with Crippen LogP contribution in [0.25, 0.3) is 0 Å². The zero-order valence-electron chi connectivity index (χ0n) is 16.4. The van der Waals surface area contributed by atoms with E-state index in [0.717, 1.165) is 36.5 Å². The Bertz CT molecular complexity index is 532. The summed E-state index contributed by atoms with van der Waals surface area (Å²) in [5.41, 5.74) is 1.62. The second-order valence-electron chi connectivity index (χ2n) is 7.39. The molecule has 0 radical (unpaired) electrons. The Hall–Kier alpha value is 0.627. The smallest absolute Gasteiger partial charge is 0.147 e. The van der Waals surface area contributed by atoms with Crippen molar-refractivity contribution in [2.45, 2.75) is 58.5 Å². The molecule has 0 nitrogen and oxygen atoms in total. The van der Waals surface area contributed by atoms with Crippen molar-refractivity contribution in [3.05, 3.63) is 54.5 Å². The third kappa shape index (κ3) is 8.75. The predicted octanol–water partition coefficient (Wildman–Crippen LogP) is 7.08. The zero-order chi connectivity index (χ0) is 17.4. The average Bonchev–Trinajstić information content (AvgIpc) is 3.22. The van der Waals surface area contributed by atoms with Crippen molar-refractivity contribution >= 4 is 30.3 Å². The van der Waals surface area contributed by atoms with E-state index in [0.29, 0.717) is 0 Å². The van der Waals surface area contributed by atoms with Crippen molar-refractivity contribution in [1.29, 1.82) is 0 Å². The van der Waals surface area contributed by atoms with Crippen LogP contribution >= 0.6 is 24.8 Å². The van der Waals surface area contributed by atoms with Gasteiger partial charge in [0, 0.05) is 0 Å². The summed E-state index contributed by atoms with van der Waals surface area (Å²) >= 11 is 1.45. The van der Waals surface area contributed by atoms with E-state index in [1.165, 1.54) is 54.3 Å². The van der Waals surface area contributed by atoms with E-state index in [1.807, 2.05) is 0 Å². The summed E-state index contributed by atoms with van der Waals surface area (Å²) in [7, 11) is 0. The fourth-order valence-corrected chi connectivity index (χ4v) is 4.15. The van der Waals surface area contributed by atoms with E-state index in [9.17, 15) is 0 Å². The molecule has 0 N–H and O–H groups in total. The number of fused-ring (bicyclic) bond motifs is 3. The maximum atomic E-state index is 3.21. The molecule has 2 fully saturated rings. The predicted molar refractivity (Wildman–Crippen MR) is 118 cm³/mol. The summed E-state index contributed by atoms with van der Waals surface area (Å²) in [5.74, 6) is 3.56.